The van der Waals surface area contributed by atoms with Crippen molar-refractivity contribution in [1.29, 1.82) is 0 Å². The van der Waals surface area contributed by atoms with Gasteiger partial charge in [0, 0.05) is 60.8 Å². The number of pyridine rings is 4. The number of fused-ring (bicyclic) bond motifs is 9. The summed E-state index contributed by atoms with van der Waals surface area (Å²) in [7, 11) is 0. The highest BCUT2D eigenvalue weighted by molar-refractivity contribution is 6.20. The Bertz CT molecular complexity index is 3230. The minimum absolute atomic E-state index is 0.607. The highest BCUT2D eigenvalue weighted by Gasteiger charge is 2.18. The van der Waals surface area contributed by atoms with Crippen LogP contribution in [0.4, 0.5) is 0 Å². The number of hydrogen-bond donors (Lipinski definition) is 0. The van der Waals surface area contributed by atoms with Crippen LogP contribution >= 0.6 is 0 Å². The molecule has 6 nitrogen and oxygen atoms in total. The van der Waals surface area contributed by atoms with Crippen LogP contribution in [0.5, 0.6) is 0 Å². The molecule has 0 bridgehead atoms. The van der Waals surface area contributed by atoms with Gasteiger partial charge < -0.3 is 4.42 Å². The first-order valence-electron chi connectivity index (χ1n) is 17.6. The molecule has 0 spiro atoms. The summed E-state index contributed by atoms with van der Waals surface area (Å²) in [6.07, 6.45) is 1.82. The first-order valence-corrected chi connectivity index (χ1v) is 17.6. The molecule has 0 atom stereocenters. The summed E-state index contributed by atoms with van der Waals surface area (Å²) in [5.74, 6) is 0.607. The predicted octanol–water partition coefficient (Wildman–Crippen LogP) is 11.8. The molecule has 0 saturated heterocycles. The third-order valence-corrected chi connectivity index (χ3v) is 10.1. The average Bonchev–Trinajstić information content (AvgIpc) is 3.68. The molecule has 0 radical (unpaired) electrons. The van der Waals surface area contributed by atoms with Crippen molar-refractivity contribution in [3.05, 3.63) is 164 Å². The van der Waals surface area contributed by atoms with Crippen molar-refractivity contribution in [2.45, 2.75) is 0 Å². The van der Waals surface area contributed by atoms with Gasteiger partial charge in [-0.3, -0.25) is 4.98 Å². The number of rotatable bonds is 4. The zero-order chi connectivity index (χ0) is 34.9. The maximum absolute atomic E-state index is 6.27. The quantitative estimate of drug-likeness (QED) is 0.173. The Labute approximate surface area is 303 Å². The summed E-state index contributed by atoms with van der Waals surface area (Å²) in [5, 5.41) is 6.33. The monoisotopic (exact) mass is 677 g/mol. The van der Waals surface area contributed by atoms with Crippen molar-refractivity contribution >= 4 is 65.5 Å². The minimum Gasteiger partial charge on any atom is -0.436 e. The van der Waals surface area contributed by atoms with Gasteiger partial charge in [-0.05, 0) is 60.7 Å². The Morgan fingerprint density at radius 3 is 2.02 bits per heavy atom. The van der Waals surface area contributed by atoms with E-state index in [4.69, 9.17) is 24.4 Å². The third kappa shape index (κ3) is 4.84. The molecule has 0 aliphatic carbocycles. The number of benzene rings is 6. The smallest absolute Gasteiger partial charge is 0.227 e. The number of nitrogens with zero attached hydrogens (tertiary/aromatic N) is 5. The van der Waals surface area contributed by atoms with Crippen LogP contribution < -0.4 is 0 Å². The van der Waals surface area contributed by atoms with Crippen LogP contribution in [0.15, 0.2) is 168 Å². The van der Waals surface area contributed by atoms with E-state index in [2.05, 4.69) is 108 Å². The SMILES string of the molecule is c1ccc(-c2nc3c(ccc4c(-c5ccc(-c6ccc7cc(-c8ccc9ccc%10cccnc%10c9n8)ccc7n6)cc5)nc5ccccc5c43)o2)cc1. The van der Waals surface area contributed by atoms with E-state index >= 15 is 0 Å². The largest absolute Gasteiger partial charge is 0.436 e. The molecule has 6 heteroatoms. The molecule has 0 fully saturated rings. The van der Waals surface area contributed by atoms with E-state index in [1.54, 1.807) is 0 Å². The maximum Gasteiger partial charge on any atom is 0.227 e. The van der Waals surface area contributed by atoms with Crippen molar-refractivity contribution < 1.29 is 4.42 Å². The van der Waals surface area contributed by atoms with Gasteiger partial charge in [0.1, 0.15) is 5.52 Å². The number of hydrogen-bond acceptors (Lipinski definition) is 6. The van der Waals surface area contributed by atoms with Crippen LogP contribution in [-0.4, -0.2) is 24.9 Å². The molecule has 0 N–H and O–H groups in total. The Morgan fingerprint density at radius 2 is 1.13 bits per heavy atom. The Morgan fingerprint density at radius 1 is 0.396 bits per heavy atom. The first-order chi connectivity index (χ1) is 26.2. The maximum atomic E-state index is 6.27. The van der Waals surface area contributed by atoms with E-state index in [0.717, 1.165) is 105 Å². The second kappa shape index (κ2) is 11.6. The van der Waals surface area contributed by atoms with E-state index in [0.29, 0.717) is 5.89 Å². The van der Waals surface area contributed by atoms with E-state index in [9.17, 15) is 0 Å². The van der Waals surface area contributed by atoms with Gasteiger partial charge in [0.05, 0.1) is 39.1 Å². The number of aromatic nitrogens is 5. The van der Waals surface area contributed by atoms with Crippen molar-refractivity contribution in [1.82, 2.24) is 24.9 Å². The Kier molecular flexibility index (Phi) is 6.45. The van der Waals surface area contributed by atoms with E-state index in [1.807, 2.05) is 60.8 Å². The fourth-order valence-electron chi connectivity index (χ4n) is 7.48. The van der Waals surface area contributed by atoms with Gasteiger partial charge in [-0.1, -0.05) is 97.1 Å². The first kappa shape index (κ1) is 29.4. The van der Waals surface area contributed by atoms with Crippen molar-refractivity contribution in [2.75, 3.05) is 0 Å². The topological polar surface area (TPSA) is 77.6 Å². The molecule has 0 aliphatic heterocycles. The second-order valence-corrected chi connectivity index (χ2v) is 13.3. The van der Waals surface area contributed by atoms with Crippen LogP contribution in [0.2, 0.25) is 0 Å². The van der Waals surface area contributed by atoms with Crippen LogP contribution in [0.3, 0.4) is 0 Å². The molecular weight excluding hydrogens is 651 g/mol. The predicted molar refractivity (Wildman–Crippen MR) is 214 cm³/mol. The lowest BCUT2D eigenvalue weighted by Gasteiger charge is -2.11. The lowest BCUT2D eigenvalue weighted by molar-refractivity contribution is 0.620. The van der Waals surface area contributed by atoms with Crippen LogP contribution in [0.1, 0.15) is 0 Å². The Hall–Kier alpha value is -7.31. The normalized spacial score (nSPS) is 11.8. The molecule has 5 heterocycles. The summed E-state index contributed by atoms with van der Waals surface area (Å²) in [6, 6.07) is 53.9. The van der Waals surface area contributed by atoms with Gasteiger partial charge >= 0.3 is 0 Å². The third-order valence-electron chi connectivity index (χ3n) is 10.1. The number of para-hydroxylation sites is 1. The minimum atomic E-state index is 0.607. The van der Waals surface area contributed by atoms with Crippen molar-refractivity contribution in [2.24, 2.45) is 0 Å². The van der Waals surface area contributed by atoms with E-state index in [1.165, 1.54) is 0 Å². The van der Waals surface area contributed by atoms with E-state index in [-0.39, 0.29) is 0 Å². The van der Waals surface area contributed by atoms with Gasteiger partial charge in [-0.2, -0.15) is 0 Å². The zero-order valence-electron chi connectivity index (χ0n) is 28.2. The van der Waals surface area contributed by atoms with Crippen LogP contribution in [-0.2, 0) is 0 Å². The molecule has 0 saturated carbocycles. The van der Waals surface area contributed by atoms with Crippen LogP contribution in [0.25, 0.3) is 111 Å². The van der Waals surface area contributed by atoms with Gasteiger partial charge in [-0.25, -0.2) is 19.9 Å². The molecular formula is C47H27N5O. The molecule has 0 amide bonds. The van der Waals surface area contributed by atoms with E-state index < -0.39 is 0 Å². The van der Waals surface area contributed by atoms with Crippen molar-refractivity contribution in [3.63, 3.8) is 0 Å². The Balaban J connectivity index is 0.957. The highest BCUT2D eigenvalue weighted by atomic mass is 16.3. The molecule has 246 valence electrons. The highest BCUT2D eigenvalue weighted by Crippen LogP contribution is 2.39. The molecule has 53 heavy (non-hydrogen) atoms. The summed E-state index contributed by atoms with van der Waals surface area (Å²) in [6.45, 7) is 0. The molecule has 11 aromatic rings. The molecule has 0 aliphatic rings. The second-order valence-electron chi connectivity index (χ2n) is 13.3. The lowest BCUT2D eigenvalue weighted by Crippen LogP contribution is -1.91. The average molecular weight is 678 g/mol. The van der Waals surface area contributed by atoms with Gasteiger partial charge in [0.15, 0.2) is 5.58 Å². The molecule has 5 aromatic heterocycles. The summed E-state index contributed by atoms with van der Waals surface area (Å²) in [4.78, 5) is 24.9. The lowest BCUT2D eigenvalue weighted by atomic mass is 9.98. The molecule has 6 aromatic carbocycles. The fourth-order valence-corrected chi connectivity index (χ4v) is 7.48. The summed E-state index contributed by atoms with van der Waals surface area (Å²) < 4.78 is 6.27. The zero-order valence-corrected chi connectivity index (χ0v) is 28.2. The van der Waals surface area contributed by atoms with Gasteiger partial charge in [0.25, 0.3) is 0 Å². The van der Waals surface area contributed by atoms with Crippen LogP contribution in [0, 0.1) is 0 Å². The van der Waals surface area contributed by atoms with Gasteiger partial charge in [0.2, 0.25) is 5.89 Å². The summed E-state index contributed by atoms with van der Waals surface area (Å²) >= 11 is 0. The van der Waals surface area contributed by atoms with Crippen molar-refractivity contribution in [3.8, 4) is 45.2 Å². The fraction of sp³-hybridized carbons (Fsp3) is 0. The van der Waals surface area contributed by atoms with Gasteiger partial charge in [-0.15, -0.1) is 0 Å². The standard InChI is InChI=1S/C47H27N5O/c1-2-7-32(8-3-1)47-52-46-41(53-47)25-21-36-42(46)35-10-4-5-11-40(35)51-43(36)30-14-12-28(13-15-30)37-23-19-33-27-34(20-24-38(33)49-37)39-22-18-31-17-16-29-9-6-26-48-44(29)45(31)50-39/h1-27H. The molecule has 0 unspecified atom stereocenters. The molecule has 11 rings (SSSR count). The summed E-state index contributed by atoms with van der Waals surface area (Å²) in [5.41, 5.74) is 12.0. The number of oxazole rings is 1.